The van der Waals surface area contributed by atoms with Crippen molar-refractivity contribution in [2.24, 2.45) is 0 Å². The highest BCUT2D eigenvalue weighted by atomic mass is 35.5. The van der Waals surface area contributed by atoms with Gasteiger partial charge in [-0.25, -0.2) is 0 Å². The summed E-state index contributed by atoms with van der Waals surface area (Å²) in [6, 6.07) is 13.5. The molecule has 2 aromatic carbocycles. The predicted octanol–water partition coefficient (Wildman–Crippen LogP) is 4.26. The summed E-state index contributed by atoms with van der Waals surface area (Å²) in [5.41, 5.74) is 2.06. The van der Waals surface area contributed by atoms with Gasteiger partial charge >= 0.3 is 0 Å². The first kappa shape index (κ1) is 9.43. The molecule has 0 aromatic heterocycles. The molecule has 4 rings (SSSR count). The van der Waals surface area contributed by atoms with Crippen molar-refractivity contribution >= 4 is 11.6 Å². The largest absolute Gasteiger partial charge is 0.457 e. The van der Waals surface area contributed by atoms with Crippen molar-refractivity contribution in [1.29, 1.82) is 0 Å². The number of likely N-dealkylation sites (tertiary alicyclic amines) is 1. The average Bonchev–Trinajstić information content (AvgIpc) is 2.90. The number of ether oxygens (including phenoxy) is 1. The minimum atomic E-state index is -2.08. The standard InChI is InChI=1S/C17H16ClNO/c1-19-9-14-12-4-2-3-5-16(12)20-17-7-6-11(18)8-13(17)15(14)10-19/h2-8,14-15H,9-10H2,1H3/t14-,15-/m1/s1/i1+1D3. The Bertz CT molecular complexity index is 762. The van der Waals surface area contributed by atoms with E-state index in [1.165, 1.54) is 0 Å². The van der Waals surface area contributed by atoms with E-state index in [9.17, 15) is 0 Å². The normalized spacial score (nSPS) is 27.1. The van der Waals surface area contributed by atoms with Crippen molar-refractivity contribution < 1.29 is 8.85 Å². The van der Waals surface area contributed by atoms with E-state index in [1.54, 1.807) is 11.0 Å². The average molecular weight is 290 g/mol. The number of hydrogen-bond acceptors (Lipinski definition) is 2. The molecular formula is C17H16ClNO. The van der Waals surface area contributed by atoms with Gasteiger partial charge in [0.05, 0.1) is 0 Å². The van der Waals surface area contributed by atoms with Gasteiger partial charge in [0.15, 0.2) is 0 Å². The molecule has 2 aliphatic heterocycles. The zero-order valence-electron chi connectivity index (χ0n) is 13.8. The summed E-state index contributed by atoms with van der Waals surface area (Å²) in [4.78, 5) is 1.58. The first-order valence-electron chi connectivity index (χ1n) is 8.25. The molecule has 2 nitrogen and oxygen atoms in total. The van der Waals surface area contributed by atoms with Gasteiger partial charge in [-0.3, -0.25) is 0 Å². The van der Waals surface area contributed by atoms with Crippen LogP contribution in [0.1, 0.15) is 27.1 Å². The van der Waals surface area contributed by atoms with E-state index in [0.717, 1.165) is 22.6 Å². The Balaban J connectivity index is 1.87. The number of fused-ring (bicyclic) bond motifs is 5. The number of likely N-dealkylation sites (N-methyl/N-ethyl adjacent to an activating group) is 1. The molecule has 0 bridgehead atoms. The zero-order chi connectivity index (χ0) is 16.2. The minimum absolute atomic E-state index is 0.0628. The van der Waals surface area contributed by atoms with Gasteiger partial charge in [0.25, 0.3) is 0 Å². The van der Waals surface area contributed by atoms with Crippen LogP contribution in [0.5, 0.6) is 11.5 Å². The monoisotopic (exact) mass is 289 g/mol. The summed E-state index contributed by atoms with van der Waals surface area (Å²) >= 11 is 6.18. The van der Waals surface area contributed by atoms with Crippen LogP contribution in [0.3, 0.4) is 0 Å². The van der Waals surface area contributed by atoms with E-state index in [4.69, 9.17) is 20.5 Å². The highest BCUT2D eigenvalue weighted by Crippen LogP contribution is 2.49. The fraction of sp³-hybridized carbons (Fsp3) is 0.294. The maximum atomic E-state index is 7.75. The smallest absolute Gasteiger partial charge is 0.131 e. The van der Waals surface area contributed by atoms with E-state index in [0.29, 0.717) is 18.1 Å². The second kappa shape index (κ2) is 4.51. The Labute approximate surface area is 128 Å². The zero-order valence-corrected chi connectivity index (χ0v) is 11.6. The third-order valence-corrected chi connectivity index (χ3v) is 4.46. The fourth-order valence-corrected chi connectivity index (χ4v) is 3.51. The SMILES string of the molecule is [2H][13C]([2H])([2H])N1C[C@@H]2c3ccccc3Oc3ccc(Cl)cc3[C@H]2C1. The summed E-state index contributed by atoms with van der Waals surface area (Å²) in [6.07, 6.45) is 0. The topological polar surface area (TPSA) is 12.5 Å². The van der Waals surface area contributed by atoms with E-state index < -0.39 is 6.98 Å². The summed E-state index contributed by atoms with van der Waals surface area (Å²) in [6.45, 7) is -1.11. The van der Waals surface area contributed by atoms with Crippen molar-refractivity contribution in [2.45, 2.75) is 11.8 Å². The summed E-state index contributed by atoms with van der Waals surface area (Å²) in [5, 5.41) is 0.643. The van der Waals surface area contributed by atoms with Crippen molar-refractivity contribution in [3.05, 3.63) is 58.6 Å². The number of hydrogen-bond donors (Lipinski definition) is 0. The second-order valence-electron chi connectivity index (χ2n) is 5.44. The van der Waals surface area contributed by atoms with Crippen molar-refractivity contribution in [3.63, 3.8) is 0 Å². The number of halogens is 1. The third-order valence-electron chi connectivity index (χ3n) is 4.23. The van der Waals surface area contributed by atoms with E-state index in [1.807, 2.05) is 36.4 Å². The van der Waals surface area contributed by atoms with Gasteiger partial charge in [0.1, 0.15) is 11.5 Å². The Morgan fingerprint density at radius 1 is 1.10 bits per heavy atom. The lowest BCUT2D eigenvalue weighted by atomic mass is 9.84. The van der Waals surface area contributed by atoms with E-state index >= 15 is 0 Å². The molecule has 2 atom stereocenters. The molecule has 102 valence electrons. The van der Waals surface area contributed by atoms with Crippen LogP contribution in [-0.2, 0) is 0 Å². The first-order chi connectivity index (χ1) is 10.9. The third kappa shape index (κ3) is 1.83. The number of rotatable bonds is 0. The van der Waals surface area contributed by atoms with Gasteiger partial charge in [0, 0.05) is 39.6 Å². The van der Waals surface area contributed by atoms with Crippen LogP contribution in [0.25, 0.3) is 0 Å². The number of nitrogens with zero attached hydrogens (tertiary/aromatic N) is 1. The van der Waals surface area contributed by atoms with Crippen molar-refractivity contribution in [3.8, 4) is 11.5 Å². The van der Waals surface area contributed by atoms with Crippen LogP contribution < -0.4 is 4.74 Å². The molecule has 0 N–H and O–H groups in total. The Kier molecular flexibility index (Phi) is 2.12. The van der Waals surface area contributed by atoms with E-state index in [-0.39, 0.29) is 11.8 Å². The lowest BCUT2D eigenvalue weighted by Crippen LogP contribution is -2.14. The van der Waals surface area contributed by atoms with Crippen LogP contribution in [0.15, 0.2) is 42.5 Å². The fourth-order valence-electron chi connectivity index (χ4n) is 3.33. The van der Waals surface area contributed by atoms with Crippen molar-refractivity contribution in [2.75, 3.05) is 20.1 Å². The number of para-hydroxylation sites is 1. The highest BCUT2D eigenvalue weighted by molar-refractivity contribution is 6.30. The van der Waals surface area contributed by atoms with Gasteiger partial charge in [-0.05, 0) is 36.8 Å². The Morgan fingerprint density at radius 3 is 2.70 bits per heavy atom. The molecule has 1 fully saturated rings. The minimum Gasteiger partial charge on any atom is -0.457 e. The molecular weight excluding hydrogens is 271 g/mol. The molecule has 2 heterocycles. The molecule has 0 spiro atoms. The molecule has 20 heavy (non-hydrogen) atoms. The quantitative estimate of drug-likeness (QED) is 0.672. The molecule has 0 amide bonds. The molecule has 1 saturated heterocycles. The summed E-state index contributed by atoms with van der Waals surface area (Å²) < 4.78 is 29.3. The predicted molar refractivity (Wildman–Crippen MR) is 80.9 cm³/mol. The summed E-state index contributed by atoms with van der Waals surface area (Å²) in [7, 11) is 0. The molecule has 0 unspecified atom stereocenters. The van der Waals surface area contributed by atoms with Gasteiger partial charge < -0.3 is 9.64 Å². The maximum Gasteiger partial charge on any atom is 0.131 e. The summed E-state index contributed by atoms with van der Waals surface area (Å²) in [5.74, 6) is 1.72. The molecule has 0 saturated carbocycles. The lowest BCUT2D eigenvalue weighted by molar-refractivity contribution is 0.401. The van der Waals surface area contributed by atoms with Gasteiger partial charge in [-0.1, -0.05) is 29.8 Å². The van der Waals surface area contributed by atoms with Crippen molar-refractivity contribution in [1.82, 2.24) is 4.90 Å². The van der Waals surface area contributed by atoms with Gasteiger partial charge in [0.2, 0.25) is 0 Å². The molecule has 2 aromatic rings. The lowest BCUT2D eigenvalue weighted by Gasteiger charge is -2.17. The Morgan fingerprint density at radius 2 is 1.85 bits per heavy atom. The number of benzene rings is 2. The highest BCUT2D eigenvalue weighted by Gasteiger charge is 2.38. The Hall–Kier alpha value is -1.51. The first-order valence-corrected chi connectivity index (χ1v) is 7.12. The van der Waals surface area contributed by atoms with Crippen LogP contribution in [0, 0.1) is 0 Å². The van der Waals surface area contributed by atoms with Gasteiger partial charge in [-0.15, -0.1) is 0 Å². The van der Waals surface area contributed by atoms with Gasteiger partial charge in [-0.2, -0.15) is 0 Å². The van der Waals surface area contributed by atoms with Crippen LogP contribution in [-0.4, -0.2) is 25.0 Å². The molecule has 2 aliphatic rings. The van der Waals surface area contributed by atoms with Crippen LogP contribution in [0.4, 0.5) is 0 Å². The second-order valence-corrected chi connectivity index (χ2v) is 5.88. The van der Waals surface area contributed by atoms with E-state index in [2.05, 4.69) is 0 Å². The van der Waals surface area contributed by atoms with Crippen LogP contribution >= 0.6 is 11.6 Å². The maximum absolute atomic E-state index is 7.75. The van der Waals surface area contributed by atoms with Crippen LogP contribution in [0.2, 0.25) is 5.02 Å². The molecule has 0 radical (unpaired) electrons. The molecule has 3 heteroatoms. The molecule has 0 aliphatic carbocycles.